The van der Waals surface area contributed by atoms with Crippen LogP contribution >= 0.6 is 0 Å². The van der Waals surface area contributed by atoms with Crippen molar-refractivity contribution in [1.29, 1.82) is 0 Å². The van der Waals surface area contributed by atoms with E-state index in [9.17, 15) is 0 Å². The van der Waals surface area contributed by atoms with Gasteiger partial charge >= 0.3 is 0 Å². The van der Waals surface area contributed by atoms with Gasteiger partial charge in [0.05, 0.1) is 11.9 Å². The summed E-state index contributed by atoms with van der Waals surface area (Å²) in [5.41, 5.74) is 15.0. The molecule has 0 spiro atoms. The maximum absolute atomic E-state index is 6.10. The summed E-state index contributed by atoms with van der Waals surface area (Å²) in [6.07, 6.45) is 6.53. The number of likely N-dealkylation sites (N-methyl/N-ethyl adjacent to an activating group) is 1. The molecule has 0 bridgehead atoms. The fourth-order valence-electron chi connectivity index (χ4n) is 4.33. The summed E-state index contributed by atoms with van der Waals surface area (Å²) in [4.78, 5) is 19.0. The fraction of sp³-hybridized carbons (Fsp3) is 0.292. The van der Waals surface area contributed by atoms with Crippen molar-refractivity contribution in [3.8, 4) is 17.1 Å². The predicted octanol–water partition coefficient (Wildman–Crippen LogP) is 3.79. The molecule has 0 aliphatic carbocycles. The van der Waals surface area contributed by atoms with E-state index in [-0.39, 0.29) is 5.82 Å². The lowest BCUT2D eigenvalue weighted by atomic mass is 9.92. The number of nitrogens with two attached hydrogens (primary N) is 1. The second kappa shape index (κ2) is 7.67. The Morgan fingerprint density at radius 1 is 1.16 bits per heavy atom. The van der Waals surface area contributed by atoms with Crippen molar-refractivity contribution < 1.29 is 4.74 Å². The lowest BCUT2D eigenvalue weighted by Gasteiger charge is -2.27. The highest BCUT2D eigenvalue weighted by atomic mass is 16.5. The molecule has 0 unspecified atom stereocenters. The SMILES string of the molecule is Cc1cc(-c2cnc(N)c(OCc3c(C)cnc4[nH]ccc34)n2)cc2c1CCN(C)C2. The van der Waals surface area contributed by atoms with E-state index in [2.05, 4.69) is 46.0 Å². The van der Waals surface area contributed by atoms with Crippen LogP contribution in [-0.2, 0) is 19.6 Å². The van der Waals surface area contributed by atoms with Crippen LogP contribution in [0, 0.1) is 13.8 Å². The van der Waals surface area contributed by atoms with Crippen LogP contribution in [0.2, 0.25) is 0 Å². The number of anilines is 1. The van der Waals surface area contributed by atoms with Gasteiger partial charge in [0.1, 0.15) is 12.3 Å². The summed E-state index contributed by atoms with van der Waals surface area (Å²) < 4.78 is 6.05. The number of rotatable bonds is 4. The Morgan fingerprint density at radius 3 is 2.90 bits per heavy atom. The van der Waals surface area contributed by atoms with Crippen molar-refractivity contribution in [2.24, 2.45) is 0 Å². The molecule has 4 aromatic rings. The molecule has 7 nitrogen and oxygen atoms in total. The number of fused-ring (bicyclic) bond motifs is 2. The molecule has 0 saturated heterocycles. The van der Waals surface area contributed by atoms with Gasteiger partial charge in [-0.05, 0) is 67.8 Å². The molecule has 3 N–H and O–H groups in total. The Morgan fingerprint density at radius 2 is 2.03 bits per heavy atom. The number of hydrogen-bond acceptors (Lipinski definition) is 6. The highest BCUT2D eigenvalue weighted by Gasteiger charge is 2.18. The molecule has 0 radical (unpaired) electrons. The second-order valence-electron chi connectivity index (χ2n) is 8.31. The number of H-pyrrole nitrogens is 1. The predicted molar refractivity (Wildman–Crippen MR) is 122 cm³/mol. The average molecular weight is 415 g/mol. The van der Waals surface area contributed by atoms with E-state index in [1.807, 2.05) is 25.4 Å². The smallest absolute Gasteiger partial charge is 0.258 e. The largest absolute Gasteiger partial charge is 0.470 e. The molecule has 0 fully saturated rings. The maximum atomic E-state index is 6.10. The molecule has 0 atom stereocenters. The second-order valence-corrected chi connectivity index (χ2v) is 8.31. The molecule has 158 valence electrons. The number of aromatic nitrogens is 4. The highest BCUT2D eigenvalue weighted by Crippen LogP contribution is 2.30. The molecule has 1 aliphatic rings. The standard InChI is InChI=1S/C24H26N6O/c1-14-8-16(9-17-12-30(3)7-5-18(14)17)21-11-27-22(25)24(29-21)31-13-20-15(2)10-28-23-19(20)4-6-26-23/h4,6,8-11H,5,7,12-13H2,1-3H3,(H2,25,27)(H,26,28). The fourth-order valence-corrected chi connectivity index (χ4v) is 4.33. The zero-order chi connectivity index (χ0) is 21.5. The van der Waals surface area contributed by atoms with E-state index in [0.29, 0.717) is 12.5 Å². The minimum Gasteiger partial charge on any atom is -0.470 e. The monoisotopic (exact) mass is 414 g/mol. The number of benzene rings is 1. The van der Waals surface area contributed by atoms with Crippen LogP contribution in [0.15, 0.2) is 36.8 Å². The van der Waals surface area contributed by atoms with E-state index in [4.69, 9.17) is 15.5 Å². The van der Waals surface area contributed by atoms with Gasteiger partial charge in [0.25, 0.3) is 5.88 Å². The Labute approximate surface area is 181 Å². The van der Waals surface area contributed by atoms with Gasteiger partial charge in [-0.3, -0.25) is 0 Å². The summed E-state index contributed by atoms with van der Waals surface area (Å²) in [7, 11) is 2.16. The van der Waals surface area contributed by atoms with E-state index in [0.717, 1.165) is 52.9 Å². The molecule has 1 aliphatic heterocycles. The lowest BCUT2D eigenvalue weighted by Crippen LogP contribution is -2.27. The van der Waals surface area contributed by atoms with Crippen LogP contribution < -0.4 is 10.5 Å². The van der Waals surface area contributed by atoms with Gasteiger partial charge in [-0.15, -0.1) is 0 Å². The molecular weight excluding hydrogens is 388 g/mol. The summed E-state index contributed by atoms with van der Waals surface area (Å²) in [5, 5.41) is 1.04. The Balaban J connectivity index is 1.46. The number of aromatic amines is 1. The molecule has 1 aromatic carbocycles. The number of aryl methyl sites for hydroxylation is 2. The zero-order valence-electron chi connectivity index (χ0n) is 18.1. The Kier molecular flexibility index (Phi) is 4.82. The van der Waals surface area contributed by atoms with Crippen molar-refractivity contribution >= 4 is 16.9 Å². The summed E-state index contributed by atoms with van der Waals surface area (Å²) >= 11 is 0. The third-order valence-electron chi connectivity index (χ3n) is 6.08. The number of hydrogen-bond donors (Lipinski definition) is 2. The normalized spacial score (nSPS) is 14.0. The van der Waals surface area contributed by atoms with Crippen LogP contribution in [0.3, 0.4) is 0 Å². The number of pyridine rings is 1. The van der Waals surface area contributed by atoms with E-state index in [1.165, 1.54) is 16.7 Å². The van der Waals surface area contributed by atoms with Crippen molar-refractivity contribution in [3.63, 3.8) is 0 Å². The van der Waals surface area contributed by atoms with Crippen LogP contribution in [0.25, 0.3) is 22.3 Å². The first kappa shape index (κ1) is 19.5. The number of nitrogens with zero attached hydrogens (tertiary/aromatic N) is 4. The van der Waals surface area contributed by atoms with Crippen molar-refractivity contribution in [1.82, 2.24) is 24.8 Å². The van der Waals surface area contributed by atoms with Gasteiger partial charge in [-0.25, -0.2) is 15.0 Å². The molecule has 31 heavy (non-hydrogen) atoms. The minimum atomic E-state index is 0.287. The van der Waals surface area contributed by atoms with Crippen LogP contribution in [0.1, 0.15) is 27.8 Å². The van der Waals surface area contributed by atoms with Crippen LogP contribution in [0.4, 0.5) is 5.82 Å². The minimum absolute atomic E-state index is 0.287. The first-order valence-corrected chi connectivity index (χ1v) is 10.5. The summed E-state index contributed by atoms with van der Waals surface area (Å²) in [5.74, 6) is 0.639. The highest BCUT2D eigenvalue weighted by molar-refractivity contribution is 5.80. The molecule has 0 saturated carbocycles. The van der Waals surface area contributed by atoms with Crippen LogP contribution in [0.5, 0.6) is 5.88 Å². The third-order valence-corrected chi connectivity index (χ3v) is 6.08. The Hall–Kier alpha value is -3.45. The topological polar surface area (TPSA) is 92.9 Å². The Bertz CT molecular complexity index is 1280. The van der Waals surface area contributed by atoms with E-state index < -0.39 is 0 Å². The molecule has 7 heteroatoms. The zero-order valence-corrected chi connectivity index (χ0v) is 18.1. The average Bonchev–Trinajstić information content (AvgIpc) is 3.22. The first-order chi connectivity index (χ1) is 15.0. The number of nitrogen functional groups attached to an aromatic ring is 1. The molecule has 5 rings (SSSR count). The molecule has 3 aromatic heterocycles. The van der Waals surface area contributed by atoms with E-state index in [1.54, 1.807) is 6.20 Å². The molecular formula is C24H26N6O. The van der Waals surface area contributed by atoms with Crippen molar-refractivity contribution in [2.45, 2.75) is 33.4 Å². The van der Waals surface area contributed by atoms with Gasteiger partial charge in [-0.1, -0.05) is 0 Å². The van der Waals surface area contributed by atoms with Gasteiger partial charge in [0.2, 0.25) is 0 Å². The summed E-state index contributed by atoms with van der Waals surface area (Å²) in [6.45, 7) is 6.58. The van der Waals surface area contributed by atoms with Gasteiger partial charge in [-0.2, -0.15) is 0 Å². The van der Waals surface area contributed by atoms with Crippen molar-refractivity contribution in [3.05, 3.63) is 64.6 Å². The maximum Gasteiger partial charge on any atom is 0.258 e. The quantitative estimate of drug-likeness (QED) is 0.528. The van der Waals surface area contributed by atoms with Crippen molar-refractivity contribution in [2.75, 3.05) is 19.3 Å². The third kappa shape index (κ3) is 3.61. The number of nitrogens with one attached hydrogen (secondary N) is 1. The van der Waals surface area contributed by atoms with E-state index >= 15 is 0 Å². The molecule has 0 amide bonds. The van der Waals surface area contributed by atoms with Crippen LogP contribution in [-0.4, -0.2) is 38.4 Å². The number of ether oxygens (including phenoxy) is 1. The van der Waals surface area contributed by atoms with Gasteiger partial charge < -0.3 is 20.4 Å². The summed E-state index contributed by atoms with van der Waals surface area (Å²) in [6, 6.07) is 6.41. The van der Waals surface area contributed by atoms with Gasteiger partial charge in [0, 0.05) is 42.0 Å². The first-order valence-electron chi connectivity index (χ1n) is 10.5. The lowest BCUT2D eigenvalue weighted by molar-refractivity contribution is 0.295. The van der Waals surface area contributed by atoms with Gasteiger partial charge in [0.15, 0.2) is 5.82 Å². The molecule has 4 heterocycles.